The van der Waals surface area contributed by atoms with Crippen LogP contribution in [0.2, 0.25) is 5.02 Å². The minimum absolute atomic E-state index is 0.383. The summed E-state index contributed by atoms with van der Waals surface area (Å²) in [6.45, 7) is 0. The summed E-state index contributed by atoms with van der Waals surface area (Å²) in [5, 5.41) is 0.535. The smallest absolute Gasteiger partial charge is 0.137 e. The van der Waals surface area contributed by atoms with Gasteiger partial charge in [-0.2, -0.15) is 0 Å². The molecule has 0 bridgehead atoms. The van der Waals surface area contributed by atoms with Gasteiger partial charge in [0.25, 0.3) is 0 Å². The van der Waals surface area contributed by atoms with E-state index in [-0.39, 0.29) is 5.56 Å². The fraction of sp³-hybridized carbons (Fsp3) is 0. The van der Waals surface area contributed by atoms with E-state index in [2.05, 4.69) is 4.99 Å². The largest absolute Gasteiger partial charge is 0.256 e. The van der Waals surface area contributed by atoms with Crippen molar-refractivity contribution < 1.29 is 13.2 Å². The minimum atomic E-state index is -0.995. The van der Waals surface area contributed by atoms with Crippen molar-refractivity contribution in [2.75, 3.05) is 0 Å². The number of nitrogens with zero attached hydrogens (tertiary/aromatic N) is 1. The fourth-order valence-corrected chi connectivity index (χ4v) is 1.47. The van der Waals surface area contributed by atoms with Crippen molar-refractivity contribution in [1.29, 1.82) is 0 Å². The van der Waals surface area contributed by atoms with Gasteiger partial charge in [-0.25, -0.2) is 13.2 Å². The molecule has 1 nitrogen and oxygen atoms in total. The van der Waals surface area contributed by atoms with Crippen LogP contribution in [0.3, 0.4) is 0 Å². The summed E-state index contributed by atoms with van der Waals surface area (Å²) in [6.07, 6.45) is 1.01. The first kappa shape index (κ1) is 12.6. The molecule has 0 atom stereocenters. The zero-order valence-electron chi connectivity index (χ0n) is 9.00. The Morgan fingerprint density at radius 1 is 0.944 bits per heavy atom. The molecule has 0 heterocycles. The van der Waals surface area contributed by atoms with Gasteiger partial charge in [-0.3, -0.25) is 4.99 Å². The first-order valence-electron chi connectivity index (χ1n) is 5.00. The second-order valence-electron chi connectivity index (χ2n) is 3.52. The molecule has 2 rings (SSSR count). The van der Waals surface area contributed by atoms with Crippen LogP contribution in [-0.4, -0.2) is 6.21 Å². The van der Waals surface area contributed by atoms with Crippen LogP contribution in [0, 0.1) is 17.5 Å². The average molecular weight is 270 g/mol. The molecule has 0 spiro atoms. The summed E-state index contributed by atoms with van der Waals surface area (Å²) < 4.78 is 39.2. The predicted molar refractivity (Wildman–Crippen MR) is 65.0 cm³/mol. The standard InChI is InChI=1S/C13H7ClF3N/c14-8-1-3-10(4-2-8)18-7-11-12(16)5-9(15)6-13(11)17/h1-7H. The fourth-order valence-electron chi connectivity index (χ4n) is 1.34. The number of aliphatic imine (C=N–C) groups is 1. The van der Waals surface area contributed by atoms with E-state index in [0.717, 1.165) is 6.21 Å². The Bertz CT molecular complexity index is 571. The molecule has 0 amide bonds. The van der Waals surface area contributed by atoms with Crippen LogP contribution in [-0.2, 0) is 0 Å². The molecule has 0 unspecified atom stereocenters. The van der Waals surface area contributed by atoms with Crippen molar-refractivity contribution in [3.05, 3.63) is 64.4 Å². The summed E-state index contributed by atoms with van der Waals surface area (Å²) in [7, 11) is 0. The van der Waals surface area contributed by atoms with Gasteiger partial charge in [0.1, 0.15) is 17.5 Å². The zero-order chi connectivity index (χ0) is 13.1. The summed E-state index contributed by atoms with van der Waals surface area (Å²) >= 11 is 5.68. The highest BCUT2D eigenvalue weighted by atomic mass is 35.5. The molecule has 0 aliphatic carbocycles. The Hall–Kier alpha value is -1.81. The molecule has 0 N–H and O–H groups in total. The lowest BCUT2D eigenvalue weighted by Gasteiger charge is -1.99. The second kappa shape index (κ2) is 5.23. The maximum atomic E-state index is 13.3. The zero-order valence-corrected chi connectivity index (χ0v) is 9.76. The summed E-state index contributed by atoms with van der Waals surface area (Å²) in [6, 6.07) is 7.60. The third kappa shape index (κ3) is 2.90. The molecule has 92 valence electrons. The maximum Gasteiger partial charge on any atom is 0.137 e. The van der Waals surface area contributed by atoms with Crippen molar-refractivity contribution in [3.8, 4) is 0 Å². The van der Waals surface area contributed by atoms with Gasteiger partial charge in [0, 0.05) is 23.4 Å². The molecule has 2 aromatic rings. The summed E-state index contributed by atoms with van der Waals surface area (Å²) in [5.41, 5.74) is 0.105. The van der Waals surface area contributed by atoms with E-state index >= 15 is 0 Å². The van der Waals surface area contributed by atoms with Crippen LogP contribution in [0.1, 0.15) is 5.56 Å². The van der Waals surface area contributed by atoms with Gasteiger partial charge in [0.05, 0.1) is 11.3 Å². The number of hydrogen-bond acceptors (Lipinski definition) is 1. The normalized spacial score (nSPS) is 11.1. The highest BCUT2D eigenvalue weighted by Crippen LogP contribution is 2.18. The van der Waals surface area contributed by atoms with Gasteiger partial charge in [-0.05, 0) is 24.3 Å². The third-order valence-corrected chi connectivity index (χ3v) is 2.47. The molecule has 0 radical (unpaired) electrons. The molecular formula is C13H7ClF3N. The van der Waals surface area contributed by atoms with Crippen molar-refractivity contribution in [1.82, 2.24) is 0 Å². The number of hydrogen-bond donors (Lipinski definition) is 0. The Balaban J connectivity index is 2.31. The number of benzene rings is 2. The first-order valence-corrected chi connectivity index (χ1v) is 5.38. The molecular weight excluding hydrogens is 263 g/mol. The molecule has 0 aliphatic heterocycles. The van der Waals surface area contributed by atoms with Gasteiger partial charge in [0.15, 0.2) is 0 Å². The van der Waals surface area contributed by atoms with Crippen LogP contribution < -0.4 is 0 Å². The van der Waals surface area contributed by atoms with E-state index in [0.29, 0.717) is 22.8 Å². The quantitative estimate of drug-likeness (QED) is 0.712. The first-order chi connectivity index (χ1) is 8.56. The molecule has 0 aliphatic rings. The van der Waals surface area contributed by atoms with Crippen LogP contribution in [0.25, 0.3) is 0 Å². The lowest BCUT2D eigenvalue weighted by Crippen LogP contribution is -1.95. The average Bonchev–Trinajstić information content (AvgIpc) is 2.30. The van der Waals surface area contributed by atoms with Crippen LogP contribution >= 0.6 is 11.6 Å². The van der Waals surface area contributed by atoms with E-state index < -0.39 is 17.5 Å². The van der Waals surface area contributed by atoms with Crippen LogP contribution in [0.15, 0.2) is 41.4 Å². The van der Waals surface area contributed by atoms with Gasteiger partial charge in [0.2, 0.25) is 0 Å². The monoisotopic (exact) mass is 269 g/mol. The molecule has 0 saturated heterocycles. The number of rotatable bonds is 2. The topological polar surface area (TPSA) is 12.4 Å². The van der Waals surface area contributed by atoms with Crippen molar-refractivity contribution >= 4 is 23.5 Å². The van der Waals surface area contributed by atoms with E-state index in [1.54, 1.807) is 24.3 Å². The van der Waals surface area contributed by atoms with Gasteiger partial charge in [-0.15, -0.1) is 0 Å². The Morgan fingerprint density at radius 3 is 2.06 bits per heavy atom. The lowest BCUT2D eigenvalue weighted by atomic mass is 10.2. The second-order valence-corrected chi connectivity index (χ2v) is 3.95. The van der Waals surface area contributed by atoms with Gasteiger partial charge >= 0.3 is 0 Å². The van der Waals surface area contributed by atoms with E-state index in [1.807, 2.05) is 0 Å². The molecule has 0 aromatic heterocycles. The van der Waals surface area contributed by atoms with Crippen molar-refractivity contribution in [2.45, 2.75) is 0 Å². The van der Waals surface area contributed by atoms with E-state index in [9.17, 15) is 13.2 Å². The molecule has 0 saturated carbocycles. The van der Waals surface area contributed by atoms with Crippen molar-refractivity contribution in [3.63, 3.8) is 0 Å². The van der Waals surface area contributed by atoms with E-state index in [4.69, 9.17) is 11.6 Å². The predicted octanol–water partition coefficient (Wildman–Crippen LogP) is 4.51. The lowest BCUT2D eigenvalue weighted by molar-refractivity contribution is 0.541. The third-order valence-electron chi connectivity index (χ3n) is 2.21. The minimum Gasteiger partial charge on any atom is -0.256 e. The number of halogens is 4. The highest BCUT2D eigenvalue weighted by molar-refractivity contribution is 6.30. The maximum absolute atomic E-state index is 13.3. The molecule has 18 heavy (non-hydrogen) atoms. The van der Waals surface area contributed by atoms with Crippen molar-refractivity contribution in [2.24, 2.45) is 4.99 Å². The summed E-state index contributed by atoms with van der Waals surface area (Å²) in [5.74, 6) is -2.95. The Kier molecular flexibility index (Phi) is 3.67. The summed E-state index contributed by atoms with van der Waals surface area (Å²) in [4.78, 5) is 3.88. The van der Waals surface area contributed by atoms with Crippen LogP contribution in [0.5, 0.6) is 0 Å². The van der Waals surface area contributed by atoms with Gasteiger partial charge < -0.3 is 0 Å². The SMILES string of the molecule is Fc1cc(F)c(C=Nc2ccc(Cl)cc2)c(F)c1. The Labute approximate surface area is 107 Å². The van der Waals surface area contributed by atoms with Crippen LogP contribution in [0.4, 0.5) is 18.9 Å². The van der Waals surface area contributed by atoms with Gasteiger partial charge in [-0.1, -0.05) is 11.6 Å². The molecule has 5 heteroatoms. The van der Waals surface area contributed by atoms with E-state index in [1.165, 1.54) is 0 Å². The molecule has 2 aromatic carbocycles. The highest BCUT2D eigenvalue weighted by Gasteiger charge is 2.08. The molecule has 0 fully saturated rings. The Morgan fingerprint density at radius 2 is 1.50 bits per heavy atom.